The standard InChI is InChI=1S/C26H33NO13/c1-14(28)35-13-21-22(36-15(2)29)23(37-16(3)30)24(38-17(4)31)26(40-21)39-19-7-6-18(12-20(19)33-5)25(32)27-8-10-34-11-9-27/h6-7,12,21-24,26H,8-11,13H2,1-5H3/t21-,22-,23+,24-,26+/m1/s1. The van der Waals surface area contributed by atoms with E-state index in [2.05, 4.69) is 0 Å². The smallest absolute Gasteiger partial charge is 0.303 e. The summed E-state index contributed by atoms with van der Waals surface area (Å²) in [6.07, 6.45) is -6.76. The van der Waals surface area contributed by atoms with Gasteiger partial charge in [-0.1, -0.05) is 0 Å². The fraction of sp³-hybridized carbons (Fsp3) is 0.577. The molecule has 0 aromatic heterocycles. The number of nitrogens with zero attached hydrogens (tertiary/aromatic N) is 1. The number of esters is 4. The molecule has 0 unspecified atom stereocenters. The van der Waals surface area contributed by atoms with E-state index in [-0.39, 0.29) is 17.4 Å². The molecule has 2 aliphatic heterocycles. The van der Waals surface area contributed by atoms with Crippen molar-refractivity contribution < 1.29 is 61.9 Å². The highest BCUT2D eigenvalue weighted by molar-refractivity contribution is 5.95. The van der Waals surface area contributed by atoms with E-state index in [1.54, 1.807) is 4.90 Å². The van der Waals surface area contributed by atoms with Gasteiger partial charge in [-0.15, -0.1) is 0 Å². The number of rotatable bonds is 9. The average molecular weight is 568 g/mol. The first-order valence-electron chi connectivity index (χ1n) is 12.5. The van der Waals surface area contributed by atoms with Gasteiger partial charge < -0.3 is 42.8 Å². The van der Waals surface area contributed by atoms with Gasteiger partial charge in [-0.25, -0.2) is 0 Å². The first-order chi connectivity index (χ1) is 19.0. The van der Waals surface area contributed by atoms with Crippen LogP contribution in [0.2, 0.25) is 0 Å². The van der Waals surface area contributed by atoms with Gasteiger partial charge in [-0.2, -0.15) is 0 Å². The van der Waals surface area contributed by atoms with Gasteiger partial charge in [0.1, 0.15) is 12.7 Å². The lowest BCUT2D eigenvalue weighted by molar-refractivity contribution is -0.288. The fourth-order valence-corrected chi connectivity index (χ4v) is 4.26. The summed E-state index contributed by atoms with van der Waals surface area (Å²) >= 11 is 0. The van der Waals surface area contributed by atoms with Crippen LogP contribution in [0.1, 0.15) is 38.1 Å². The van der Waals surface area contributed by atoms with E-state index in [4.69, 9.17) is 37.9 Å². The SMILES string of the molecule is COc1cc(C(=O)N2CCOCC2)ccc1O[C@H]1O[C@H](COC(C)=O)[C@@H](OC(C)=O)[C@H](OC(C)=O)[C@H]1OC(C)=O. The molecule has 14 nitrogen and oxygen atoms in total. The van der Waals surface area contributed by atoms with Gasteiger partial charge in [0.2, 0.25) is 12.4 Å². The first kappa shape index (κ1) is 30.6. The minimum atomic E-state index is -1.45. The van der Waals surface area contributed by atoms with Crippen molar-refractivity contribution in [2.24, 2.45) is 0 Å². The number of carbonyl (C=O) groups excluding carboxylic acids is 5. The lowest BCUT2D eigenvalue weighted by Gasteiger charge is -2.44. The molecule has 5 atom stereocenters. The third-order valence-electron chi connectivity index (χ3n) is 5.90. The quantitative estimate of drug-likeness (QED) is 0.302. The lowest BCUT2D eigenvalue weighted by atomic mass is 9.98. The maximum absolute atomic E-state index is 12.9. The van der Waals surface area contributed by atoms with E-state index in [1.165, 1.54) is 32.2 Å². The molecule has 0 spiro atoms. The molecule has 220 valence electrons. The molecular weight excluding hydrogens is 534 g/mol. The fourth-order valence-electron chi connectivity index (χ4n) is 4.26. The van der Waals surface area contributed by atoms with Crippen molar-refractivity contribution in [3.8, 4) is 11.5 Å². The summed E-state index contributed by atoms with van der Waals surface area (Å²) in [4.78, 5) is 62.0. The minimum Gasteiger partial charge on any atom is -0.493 e. The topological polar surface area (TPSA) is 162 Å². The predicted molar refractivity (Wildman–Crippen MR) is 132 cm³/mol. The van der Waals surface area contributed by atoms with Gasteiger partial charge in [-0.3, -0.25) is 24.0 Å². The van der Waals surface area contributed by atoms with Crippen molar-refractivity contribution >= 4 is 29.8 Å². The number of amides is 1. The highest BCUT2D eigenvalue weighted by Gasteiger charge is 2.53. The Morgan fingerprint density at radius 3 is 2.00 bits per heavy atom. The second kappa shape index (κ2) is 13.9. The van der Waals surface area contributed by atoms with Crippen LogP contribution < -0.4 is 9.47 Å². The van der Waals surface area contributed by atoms with E-state index < -0.39 is 61.2 Å². The summed E-state index contributed by atoms with van der Waals surface area (Å²) < 4.78 is 44.0. The lowest BCUT2D eigenvalue weighted by Crippen LogP contribution is -2.63. The third kappa shape index (κ3) is 8.05. The van der Waals surface area contributed by atoms with Crippen LogP contribution in [0, 0.1) is 0 Å². The van der Waals surface area contributed by atoms with E-state index >= 15 is 0 Å². The van der Waals surface area contributed by atoms with Crippen molar-refractivity contribution in [2.75, 3.05) is 40.0 Å². The number of carbonyl (C=O) groups is 5. The summed E-state index contributed by atoms with van der Waals surface area (Å²) in [7, 11) is 1.37. The Kier molecular flexibility index (Phi) is 10.7. The molecular formula is C26H33NO13. The summed E-state index contributed by atoms with van der Waals surface area (Å²) in [5.41, 5.74) is 0.340. The molecule has 0 N–H and O–H groups in total. The van der Waals surface area contributed by atoms with Crippen LogP contribution in [0.5, 0.6) is 11.5 Å². The normalized spacial score (nSPS) is 24.3. The van der Waals surface area contributed by atoms with Gasteiger partial charge in [0.05, 0.1) is 20.3 Å². The Hall–Kier alpha value is -3.91. The highest BCUT2D eigenvalue weighted by atomic mass is 16.7. The van der Waals surface area contributed by atoms with Gasteiger partial charge >= 0.3 is 23.9 Å². The summed E-state index contributed by atoms with van der Waals surface area (Å²) in [6.45, 7) is 5.92. The summed E-state index contributed by atoms with van der Waals surface area (Å²) in [5, 5.41) is 0. The molecule has 2 aliphatic rings. The number of morpholine rings is 1. The van der Waals surface area contributed by atoms with E-state index in [0.29, 0.717) is 31.9 Å². The summed E-state index contributed by atoms with van der Waals surface area (Å²) in [5.74, 6) is -2.89. The van der Waals surface area contributed by atoms with Crippen molar-refractivity contribution in [1.29, 1.82) is 0 Å². The maximum Gasteiger partial charge on any atom is 0.303 e. The van der Waals surface area contributed by atoms with Crippen LogP contribution >= 0.6 is 0 Å². The molecule has 1 aromatic rings. The zero-order chi connectivity index (χ0) is 29.4. The zero-order valence-electron chi connectivity index (χ0n) is 22.9. The van der Waals surface area contributed by atoms with Gasteiger partial charge in [0.25, 0.3) is 5.91 Å². The van der Waals surface area contributed by atoms with Crippen LogP contribution in [0.4, 0.5) is 0 Å². The number of methoxy groups -OCH3 is 1. The van der Waals surface area contributed by atoms with Crippen molar-refractivity contribution in [2.45, 2.75) is 58.4 Å². The number of ether oxygens (including phenoxy) is 8. The molecule has 2 saturated heterocycles. The van der Waals surface area contributed by atoms with Crippen molar-refractivity contribution in [3.63, 3.8) is 0 Å². The summed E-state index contributed by atoms with van der Waals surface area (Å²) in [6, 6.07) is 4.49. The second-order valence-electron chi connectivity index (χ2n) is 8.96. The molecule has 0 aliphatic carbocycles. The molecule has 1 aromatic carbocycles. The van der Waals surface area contributed by atoms with Crippen LogP contribution in [0.25, 0.3) is 0 Å². The third-order valence-corrected chi connectivity index (χ3v) is 5.90. The van der Waals surface area contributed by atoms with E-state index in [9.17, 15) is 24.0 Å². The van der Waals surface area contributed by atoms with Crippen LogP contribution in [-0.2, 0) is 47.6 Å². The molecule has 1 amide bonds. The molecule has 0 saturated carbocycles. The Morgan fingerprint density at radius 2 is 1.43 bits per heavy atom. The predicted octanol–water partition coefficient (Wildman–Crippen LogP) is 0.630. The van der Waals surface area contributed by atoms with Crippen LogP contribution in [-0.4, -0.2) is 105 Å². The first-order valence-corrected chi connectivity index (χ1v) is 12.5. The van der Waals surface area contributed by atoms with Crippen LogP contribution in [0.15, 0.2) is 18.2 Å². The number of benzene rings is 1. The van der Waals surface area contributed by atoms with Crippen molar-refractivity contribution in [3.05, 3.63) is 23.8 Å². The molecule has 2 heterocycles. The highest BCUT2D eigenvalue weighted by Crippen LogP contribution is 2.35. The molecule has 3 rings (SSSR count). The molecule has 0 bridgehead atoms. The van der Waals surface area contributed by atoms with Gasteiger partial charge in [-0.05, 0) is 18.2 Å². The minimum absolute atomic E-state index is 0.0990. The monoisotopic (exact) mass is 567 g/mol. The van der Waals surface area contributed by atoms with Gasteiger partial charge in [0.15, 0.2) is 23.7 Å². The molecule has 40 heavy (non-hydrogen) atoms. The maximum atomic E-state index is 12.9. The van der Waals surface area contributed by atoms with Gasteiger partial charge in [0, 0.05) is 46.3 Å². The zero-order valence-corrected chi connectivity index (χ0v) is 22.9. The second-order valence-corrected chi connectivity index (χ2v) is 8.96. The Morgan fingerprint density at radius 1 is 0.825 bits per heavy atom. The Balaban J connectivity index is 1.96. The largest absolute Gasteiger partial charge is 0.493 e. The molecule has 2 fully saturated rings. The number of hydrogen-bond acceptors (Lipinski definition) is 13. The Labute approximate surface area is 230 Å². The van der Waals surface area contributed by atoms with Crippen LogP contribution in [0.3, 0.4) is 0 Å². The van der Waals surface area contributed by atoms with E-state index in [1.807, 2.05) is 0 Å². The van der Waals surface area contributed by atoms with E-state index in [0.717, 1.165) is 20.8 Å². The molecule has 14 heteroatoms. The average Bonchev–Trinajstić information content (AvgIpc) is 2.90. The molecule has 0 radical (unpaired) electrons. The Bertz CT molecular complexity index is 1100. The van der Waals surface area contributed by atoms with Crippen molar-refractivity contribution in [1.82, 2.24) is 4.90 Å². The number of hydrogen-bond donors (Lipinski definition) is 0.